The summed E-state index contributed by atoms with van der Waals surface area (Å²) >= 11 is 0. The number of nitrogens with zero attached hydrogens (tertiary/aromatic N) is 1. The largest absolute Gasteiger partial charge is 0.488 e. The smallest absolute Gasteiger partial charge is 0.123 e. The van der Waals surface area contributed by atoms with E-state index >= 15 is 0 Å². The van der Waals surface area contributed by atoms with E-state index in [1.807, 2.05) is 0 Å². The van der Waals surface area contributed by atoms with Crippen molar-refractivity contribution in [2.75, 3.05) is 19.6 Å². The highest BCUT2D eigenvalue weighted by Gasteiger charge is 2.31. The van der Waals surface area contributed by atoms with Crippen molar-refractivity contribution in [3.8, 4) is 5.75 Å². The van der Waals surface area contributed by atoms with Crippen molar-refractivity contribution in [3.63, 3.8) is 0 Å². The van der Waals surface area contributed by atoms with E-state index in [0.717, 1.165) is 12.3 Å². The molecule has 0 unspecified atom stereocenters. The molecule has 0 spiro atoms. The summed E-state index contributed by atoms with van der Waals surface area (Å²) in [4.78, 5) is 2.57. The lowest BCUT2D eigenvalue weighted by atomic mass is 9.97. The number of piperidine rings is 1. The van der Waals surface area contributed by atoms with Gasteiger partial charge in [-0.2, -0.15) is 0 Å². The lowest BCUT2D eigenvalue weighted by Gasteiger charge is -2.29. The quantitative estimate of drug-likeness (QED) is 0.775. The Morgan fingerprint density at radius 2 is 1.94 bits per heavy atom. The fourth-order valence-corrected chi connectivity index (χ4v) is 3.02. The molecule has 0 amide bonds. The molecule has 1 saturated heterocycles. The molecule has 0 N–H and O–H groups in total. The van der Waals surface area contributed by atoms with Crippen LogP contribution in [0.1, 0.15) is 37.7 Å². The highest BCUT2D eigenvalue weighted by molar-refractivity contribution is 5.40. The molecule has 2 aliphatic heterocycles. The third kappa shape index (κ3) is 2.19. The number of para-hydroxylation sites is 1. The van der Waals surface area contributed by atoms with Crippen LogP contribution in [0.5, 0.6) is 5.75 Å². The molecule has 0 radical (unpaired) electrons. The number of fused-ring (bicyclic) bond motifs is 1. The Bertz CT molecular complexity index is 384. The van der Waals surface area contributed by atoms with Crippen LogP contribution in [-0.4, -0.2) is 30.6 Å². The number of hydrogen-bond acceptors (Lipinski definition) is 2. The van der Waals surface area contributed by atoms with Gasteiger partial charge in [0.05, 0.1) is 0 Å². The van der Waals surface area contributed by atoms with Crippen LogP contribution in [0, 0.1) is 0 Å². The summed E-state index contributed by atoms with van der Waals surface area (Å²) in [6.07, 6.45) is 4.46. The van der Waals surface area contributed by atoms with Crippen LogP contribution in [0.3, 0.4) is 0 Å². The fourth-order valence-electron chi connectivity index (χ4n) is 3.02. The van der Waals surface area contributed by atoms with Gasteiger partial charge in [-0.05, 0) is 32.0 Å². The molecular formula is C15H21NO. The highest BCUT2D eigenvalue weighted by Crippen LogP contribution is 2.37. The molecule has 1 aromatic rings. The Hall–Kier alpha value is -1.02. The first-order valence-corrected chi connectivity index (χ1v) is 6.82. The van der Waals surface area contributed by atoms with Gasteiger partial charge in [-0.25, -0.2) is 0 Å². The van der Waals surface area contributed by atoms with Crippen LogP contribution in [0.25, 0.3) is 0 Å². The standard InChI is InChI=1S/C15H21NO/c1-12-13-7-3-4-8-14(13)17-15(12)11-16-9-5-2-6-10-16/h3-4,7-8,12,15H,2,5-6,9-11H2,1H3/t12-,15-/m0/s1. The Kier molecular flexibility index (Phi) is 3.06. The summed E-state index contributed by atoms with van der Waals surface area (Å²) in [5.74, 6) is 1.63. The lowest BCUT2D eigenvalue weighted by Crippen LogP contribution is -2.39. The summed E-state index contributed by atoms with van der Waals surface area (Å²) in [7, 11) is 0. The van der Waals surface area contributed by atoms with Crippen LogP contribution >= 0.6 is 0 Å². The fraction of sp³-hybridized carbons (Fsp3) is 0.600. The molecule has 0 aliphatic carbocycles. The van der Waals surface area contributed by atoms with Crippen molar-refractivity contribution in [2.24, 2.45) is 0 Å². The molecule has 17 heavy (non-hydrogen) atoms. The van der Waals surface area contributed by atoms with Gasteiger partial charge in [-0.1, -0.05) is 31.5 Å². The van der Waals surface area contributed by atoms with Gasteiger partial charge < -0.3 is 4.74 Å². The average molecular weight is 231 g/mol. The second-order valence-corrected chi connectivity index (χ2v) is 5.34. The Labute approximate surface area is 104 Å². The van der Waals surface area contributed by atoms with Gasteiger partial charge in [-0.3, -0.25) is 4.90 Å². The summed E-state index contributed by atoms with van der Waals surface area (Å²) < 4.78 is 6.08. The van der Waals surface area contributed by atoms with Gasteiger partial charge in [0.15, 0.2) is 0 Å². The number of likely N-dealkylation sites (tertiary alicyclic amines) is 1. The van der Waals surface area contributed by atoms with Gasteiger partial charge in [0.25, 0.3) is 0 Å². The van der Waals surface area contributed by atoms with Crippen molar-refractivity contribution in [1.29, 1.82) is 0 Å². The van der Waals surface area contributed by atoms with Gasteiger partial charge in [0.2, 0.25) is 0 Å². The van der Waals surface area contributed by atoms with Gasteiger partial charge >= 0.3 is 0 Å². The van der Waals surface area contributed by atoms with Crippen molar-refractivity contribution in [1.82, 2.24) is 4.90 Å². The third-order valence-corrected chi connectivity index (χ3v) is 4.13. The number of rotatable bonds is 2. The molecule has 0 saturated carbocycles. The number of ether oxygens (including phenoxy) is 1. The average Bonchev–Trinajstić information content (AvgIpc) is 2.68. The summed E-state index contributed by atoms with van der Waals surface area (Å²) in [6.45, 7) is 5.89. The van der Waals surface area contributed by atoms with Crippen molar-refractivity contribution in [3.05, 3.63) is 29.8 Å². The third-order valence-electron chi connectivity index (χ3n) is 4.13. The Balaban J connectivity index is 1.67. The molecule has 0 bridgehead atoms. The topological polar surface area (TPSA) is 12.5 Å². The van der Waals surface area contributed by atoms with Crippen LogP contribution in [-0.2, 0) is 0 Å². The summed E-state index contributed by atoms with van der Waals surface area (Å²) in [5, 5.41) is 0. The SMILES string of the molecule is C[C@H]1c2ccccc2O[C@H]1CN1CCCCC1. The zero-order chi connectivity index (χ0) is 11.7. The van der Waals surface area contributed by atoms with E-state index in [4.69, 9.17) is 4.74 Å². The van der Waals surface area contributed by atoms with E-state index in [0.29, 0.717) is 12.0 Å². The molecule has 92 valence electrons. The second kappa shape index (κ2) is 4.69. The van der Waals surface area contributed by atoms with Crippen molar-refractivity contribution in [2.45, 2.75) is 38.2 Å². The van der Waals surface area contributed by atoms with E-state index in [1.165, 1.54) is 37.9 Å². The van der Waals surface area contributed by atoms with E-state index in [2.05, 4.69) is 36.1 Å². The zero-order valence-electron chi connectivity index (χ0n) is 10.6. The first kappa shape index (κ1) is 11.1. The Morgan fingerprint density at radius 3 is 2.71 bits per heavy atom. The van der Waals surface area contributed by atoms with Gasteiger partial charge in [-0.15, -0.1) is 0 Å². The normalized spacial score (nSPS) is 28.8. The molecule has 2 nitrogen and oxygen atoms in total. The van der Waals surface area contributed by atoms with Crippen LogP contribution in [0.2, 0.25) is 0 Å². The van der Waals surface area contributed by atoms with E-state index in [-0.39, 0.29) is 0 Å². The molecule has 1 fully saturated rings. The van der Waals surface area contributed by atoms with E-state index < -0.39 is 0 Å². The molecule has 2 heteroatoms. The molecule has 1 aromatic carbocycles. The van der Waals surface area contributed by atoms with Crippen LogP contribution in [0.15, 0.2) is 24.3 Å². The predicted octanol–water partition coefficient (Wildman–Crippen LogP) is 3.04. The van der Waals surface area contributed by atoms with Gasteiger partial charge in [0, 0.05) is 18.0 Å². The molecular weight excluding hydrogens is 210 g/mol. The highest BCUT2D eigenvalue weighted by atomic mass is 16.5. The maximum atomic E-state index is 6.08. The molecule has 2 atom stereocenters. The number of hydrogen-bond donors (Lipinski definition) is 0. The van der Waals surface area contributed by atoms with E-state index in [1.54, 1.807) is 0 Å². The lowest BCUT2D eigenvalue weighted by molar-refractivity contribution is 0.122. The maximum Gasteiger partial charge on any atom is 0.123 e. The summed E-state index contributed by atoms with van der Waals surface area (Å²) in [6, 6.07) is 8.48. The first-order valence-electron chi connectivity index (χ1n) is 6.82. The molecule has 3 rings (SSSR count). The Morgan fingerprint density at radius 1 is 1.18 bits per heavy atom. The van der Waals surface area contributed by atoms with Crippen molar-refractivity contribution >= 4 is 0 Å². The van der Waals surface area contributed by atoms with Crippen molar-refractivity contribution < 1.29 is 4.74 Å². The molecule has 0 aromatic heterocycles. The maximum absolute atomic E-state index is 6.08. The molecule has 2 heterocycles. The van der Waals surface area contributed by atoms with Crippen LogP contribution < -0.4 is 4.74 Å². The van der Waals surface area contributed by atoms with Crippen LogP contribution in [0.4, 0.5) is 0 Å². The minimum atomic E-state index is 0.352. The zero-order valence-corrected chi connectivity index (χ0v) is 10.6. The number of benzene rings is 1. The predicted molar refractivity (Wildman–Crippen MR) is 69.6 cm³/mol. The monoisotopic (exact) mass is 231 g/mol. The second-order valence-electron chi connectivity index (χ2n) is 5.34. The minimum Gasteiger partial charge on any atom is -0.488 e. The minimum absolute atomic E-state index is 0.352. The molecule has 2 aliphatic rings. The first-order chi connectivity index (χ1) is 8.34. The summed E-state index contributed by atoms with van der Waals surface area (Å²) in [5.41, 5.74) is 1.38. The van der Waals surface area contributed by atoms with E-state index in [9.17, 15) is 0 Å². The van der Waals surface area contributed by atoms with Gasteiger partial charge in [0.1, 0.15) is 11.9 Å².